The molecular weight excluding hydrogens is 180 g/mol. The summed E-state index contributed by atoms with van der Waals surface area (Å²) in [5.74, 6) is 0. The maximum Gasteiger partial charge on any atom is 0.115 e. The minimum absolute atomic E-state index is 0.199. The summed E-state index contributed by atoms with van der Waals surface area (Å²) >= 11 is 0. The fourth-order valence-electron chi connectivity index (χ4n) is 1.70. The lowest BCUT2D eigenvalue weighted by Gasteiger charge is -2.14. The van der Waals surface area contributed by atoms with E-state index in [2.05, 4.69) is 9.97 Å². The molecular formula is C10H14N2O2. The van der Waals surface area contributed by atoms with Crippen molar-refractivity contribution in [1.82, 2.24) is 9.97 Å². The predicted molar refractivity (Wildman–Crippen MR) is 50.6 cm³/mol. The minimum Gasteiger partial charge on any atom is -0.388 e. The number of aromatic nitrogens is 2. The first-order valence-corrected chi connectivity index (χ1v) is 4.91. The Bertz CT molecular complexity index is 273. The van der Waals surface area contributed by atoms with Gasteiger partial charge in [0.25, 0.3) is 0 Å². The van der Waals surface area contributed by atoms with Crippen LogP contribution in [0.15, 0.2) is 18.7 Å². The fourth-order valence-corrected chi connectivity index (χ4v) is 1.70. The second kappa shape index (κ2) is 4.48. The van der Waals surface area contributed by atoms with Gasteiger partial charge in [-0.05, 0) is 12.8 Å². The summed E-state index contributed by atoms with van der Waals surface area (Å²) in [7, 11) is 0. The van der Waals surface area contributed by atoms with Crippen molar-refractivity contribution < 1.29 is 9.84 Å². The maximum atomic E-state index is 9.82. The summed E-state index contributed by atoms with van der Waals surface area (Å²) in [6.07, 6.45) is 7.24. The van der Waals surface area contributed by atoms with Gasteiger partial charge in [0.1, 0.15) is 6.33 Å². The van der Waals surface area contributed by atoms with Gasteiger partial charge in [-0.2, -0.15) is 0 Å². The molecule has 1 aliphatic rings. The summed E-state index contributed by atoms with van der Waals surface area (Å²) in [6.45, 7) is 0.822. The molecule has 2 heterocycles. The van der Waals surface area contributed by atoms with E-state index in [0.29, 0.717) is 6.42 Å². The molecule has 0 saturated carbocycles. The molecule has 14 heavy (non-hydrogen) atoms. The smallest absolute Gasteiger partial charge is 0.115 e. The second-order valence-corrected chi connectivity index (χ2v) is 3.56. The van der Waals surface area contributed by atoms with Crippen LogP contribution >= 0.6 is 0 Å². The number of ether oxygens (including phenoxy) is 1. The standard InChI is InChI=1S/C10H14N2O2/c13-10(4-9-2-1-3-14-9)8-5-11-7-12-6-8/h5-7,9-10,13H,1-4H2. The molecule has 2 unspecified atom stereocenters. The monoisotopic (exact) mass is 194 g/mol. The molecule has 0 spiro atoms. The summed E-state index contributed by atoms with van der Waals surface area (Å²) in [5.41, 5.74) is 0.767. The summed E-state index contributed by atoms with van der Waals surface area (Å²) < 4.78 is 5.44. The lowest BCUT2D eigenvalue weighted by molar-refractivity contribution is 0.0532. The van der Waals surface area contributed by atoms with Crippen LogP contribution in [0, 0.1) is 0 Å². The third-order valence-corrected chi connectivity index (χ3v) is 2.48. The van der Waals surface area contributed by atoms with Crippen molar-refractivity contribution in [2.24, 2.45) is 0 Å². The highest BCUT2D eigenvalue weighted by Crippen LogP contribution is 2.23. The van der Waals surface area contributed by atoms with Crippen LogP contribution in [0.1, 0.15) is 30.9 Å². The van der Waals surface area contributed by atoms with Crippen LogP contribution in [-0.2, 0) is 4.74 Å². The van der Waals surface area contributed by atoms with E-state index in [4.69, 9.17) is 4.74 Å². The summed E-state index contributed by atoms with van der Waals surface area (Å²) in [5, 5.41) is 9.82. The Balaban J connectivity index is 1.92. The minimum atomic E-state index is -0.501. The average molecular weight is 194 g/mol. The van der Waals surface area contributed by atoms with Crippen molar-refractivity contribution in [3.05, 3.63) is 24.3 Å². The van der Waals surface area contributed by atoms with Crippen molar-refractivity contribution in [2.75, 3.05) is 6.61 Å². The molecule has 4 nitrogen and oxygen atoms in total. The van der Waals surface area contributed by atoms with Crippen molar-refractivity contribution in [1.29, 1.82) is 0 Å². The average Bonchev–Trinajstić information content (AvgIpc) is 2.72. The topological polar surface area (TPSA) is 55.2 Å². The van der Waals surface area contributed by atoms with E-state index in [1.54, 1.807) is 12.4 Å². The largest absolute Gasteiger partial charge is 0.388 e. The number of rotatable bonds is 3. The number of hydrogen-bond donors (Lipinski definition) is 1. The molecule has 1 aromatic rings. The Morgan fingerprint density at radius 1 is 1.50 bits per heavy atom. The molecule has 1 aliphatic heterocycles. The lowest BCUT2D eigenvalue weighted by Crippen LogP contribution is -2.11. The normalized spacial score (nSPS) is 23.6. The van der Waals surface area contributed by atoms with Gasteiger partial charge in [-0.1, -0.05) is 0 Å². The van der Waals surface area contributed by atoms with Crippen LogP contribution in [0.2, 0.25) is 0 Å². The molecule has 1 saturated heterocycles. The predicted octanol–water partition coefficient (Wildman–Crippen LogP) is 1.08. The Hall–Kier alpha value is -1.00. The highest BCUT2D eigenvalue weighted by molar-refractivity contribution is 5.06. The second-order valence-electron chi connectivity index (χ2n) is 3.56. The van der Waals surface area contributed by atoms with Crippen LogP contribution in [0.5, 0.6) is 0 Å². The first-order valence-electron chi connectivity index (χ1n) is 4.91. The molecule has 1 N–H and O–H groups in total. The van der Waals surface area contributed by atoms with E-state index in [1.165, 1.54) is 6.33 Å². The first-order chi connectivity index (χ1) is 6.86. The van der Waals surface area contributed by atoms with Crippen molar-refractivity contribution >= 4 is 0 Å². The molecule has 1 fully saturated rings. The van der Waals surface area contributed by atoms with Gasteiger partial charge in [-0.15, -0.1) is 0 Å². The van der Waals surface area contributed by atoms with E-state index in [0.717, 1.165) is 25.0 Å². The van der Waals surface area contributed by atoms with Gasteiger partial charge >= 0.3 is 0 Å². The van der Waals surface area contributed by atoms with E-state index < -0.39 is 6.10 Å². The summed E-state index contributed by atoms with van der Waals surface area (Å²) in [6, 6.07) is 0. The van der Waals surface area contributed by atoms with E-state index in [9.17, 15) is 5.11 Å². The van der Waals surface area contributed by atoms with Crippen LogP contribution < -0.4 is 0 Å². The third-order valence-electron chi connectivity index (χ3n) is 2.48. The maximum absolute atomic E-state index is 9.82. The zero-order valence-corrected chi connectivity index (χ0v) is 7.97. The SMILES string of the molecule is OC(CC1CCCO1)c1cncnc1. The van der Waals surface area contributed by atoms with Gasteiger partial charge in [0.05, 0.1) is 12.2 Å². The molecule has 0 radical (unpaired) electrons. The van der Waals surface area contributed by atoms with Gasteiger partial charge in [-0.3, -0.25) is 0 Å². The van der Waals surface area contributed by atoms with Crippen molar-refractivity contribution in [2.45, 2.75) is 31.5 Å². The van der Waals surface area contributed by atoms with Crippen LogP contribution in [0.4, 0.5) is 0 Å². The number of nitrogens with zero attached hydrogens (tertiary/aromatic N) is 2. The molecule has 1 aromatic heterocycles. The van der Waals surface area contributed by atoms with Gasteiger partial charge in [0.15, 0.2) is 0 Å². The lowest BCUT2D eigenvalue weighted by atomic mass is 10.0. The molecule has 0 bridgehead atoms. The Kier molecular flexibility index (Phi) is 3.06. The Morgan fingerprint density at radius 3 is 2.93 bits per heavy atom. The Morgan fingerprint density at radius 2 is 2.29 bits per heavy atom. The third kappa shape index (κ3) is 2.27. The molecule has 0 aliphatic carbocycles. The molecule has 2 atom stereocenters. The zero-order valence-electron chi connectivity index (χ0n) is 7.97. The highest BCUT2D eigenvalue weighted by Gasteiger charge is 2.20. The van der Waals surface area contributed by atoms with Gasteiger partial charge < -0.3 is 9.84 Å². The summed E-state index contributed by atoms with van der Waals surface area (Å²) in [4.78, 5) is 7.74. The van der Waals surface area contributed by atoms with Gasteiger partial charge in [0.2, 0.25) is 0 Å². The molecule has 76 valence electrons. The highest BCUT2D eigenvalue weighted by atomic mass is 16.5. The van der Waals surface area contributed by atoms with Crippen LogP contribution in [0.3, 0.4) is 0 Å². The van der Waals surface area contributed by atoms with E-state index in [-0.39, 0.29) is 6.10 Å². The van der Waals surface area contributed by atoms with Gasteiger partial charge in [0, 0.05) is 31.0 Å². The van der Waals surface area contributed by atoms with Crippen molar-refractivity contribution in [3.63, 3.8) is 0 Å². The van der Waals surface area contributed by atoms with Crippen LogP contribution in [-0.4, -0.2) is 27.8 Å². The molecule has 2 rings (SSSR count). The van der Waals surface area contributed by atoms with E-state index in [1.807, 2.05) is 0 Å². The first kappa shape index (κ1) is 9.55. The number of aliphatic hydroxyl groups is 1. The van der Waals surface area contributed by atoms with Crippen molar-refractivity contribution in [3.8, 4) is 0 Å². The molecule has 0 amide bonds. The Labute approximate surface area is 83.0 Å². The fraction of sp³-hybridized carbons (Fsp3) is 0.600. The van der Waals surface area contributed by atoms with E-state index >= 15 is 0 Å². The quantitative estimate of drug-likeness (QED) is 0.782. The zero-order chi connectivity index (χ0) is 9.80. The number of aliphatic hydroxyl groups excluding tert-OH is 1. The van der Waals surface area contributed by atoms with Gasteiger partial charge in [-0.25, -0.2) is 9.97 Å². The molecule has 0 aromatic carbocycles. The van der Waals surface area contributed by atoms with Crippen LogP contribution in [0.25, 0.3) is 0 Å². The number of hydrogen-bond acceptors (Lipinski definition) is 4. The molecule has 4 heteroatoms.